The molecule has 6 aliphatic rings. The highest BCUT2D eigenvalue weighted by Crippen LogP contribution is 2.68. The van der Waals surface area contributed by atoms with Crippen LogP contribution in [0.15, 0.2) is 24.3 Å². The van der Waals surface area contributed by atoms with Gasteiger partial charge in [-0.3, -0.25) is 4.90 Å². The van der Waals surface area contributed by atoms with Crippen LogP contribution in [0.25, 0.3) is 0 Å². The predicted molar refractivity (Wildman–Crippen MR) is 91.7 cm³/mol. The minimum atomic E-state index is -0.319. The van der Waals surface area contributed by atoms with Crippen LogP contribution >= 0.6 is 0 Å². The van der Waals surface area contributed by atoms with E-state index in [2.05, 4.69) is 48.0 Å². The normalized spacial score (nSPS) is 55.8. The van der Waals surface area contributed by atoms with Gasteiger partial charge in [-0.15, -0.1) is 0 Å². The van der Waals surface area contributed by atoms with Crippen molar-refractivity contribution >= 4 is 5.69 Å². The summed E-state index contributed by atoms with van der Waals surface area (Å²) in [6.07, 6.45) is 2.56. The van der Waals surface area contributed by atoms with Gasteiger partial charge in [0.2, 0.25) is 0 Å². The number of hydrogen-bond donors (Lipinski definition) is 2. The third kappa shape index (κ3) is 1.20. The Balaban J connectivity index is 1.60. The zero-order valence-electron chi connectivity index (χ0n) is 14.3. The van der Waals surface area contributed by atoms with Crippen molar-refractivity contribution in [3.05, 3.63) is 29.8 Å². The van der Waals surface area contributed by atoms with Crippen molar-refractivity contribution in [1.82, 2.24) is 4.90 Å². The van der Waals surface area contributed by atoms with E-state index in [1.807, 2.05) is 0 Å². The second-order valence-electron chi connectivity index (χ2n) is 8.81. The lowest BCUT2D eigenvalue weighted by Gasteiger charge is -2.62. The zero-order chi connectivity index (χ0) is 16.4. The molecule has 1 aliphatic carbocycles. The van der Waals surface area contributed by atoms with Gasteiger partial charge in [0.15, 0.2) is 0 Å². The molecule has 2 N–H and O–H groups in total. The van der Waals surface area contributed by atoms with E-state index in [0.29, 0.717) is 35.9 Å². The number of piperidine rings is 4. The number of anilines is 1. The summed E-state index contributed by atoms with van der Waals surface area (Å²) in [4.78, 5) is 4.83. The summed E-state index contributed by atoms with van der Waals surface area (Å²) in [5, 5.41) is 22.6. The third-order valence-electron chi connectivity index (χ3n) is 8.46. The molecule has 5 heterocycles. The molecule has 1 saturated carbocycles. The van der Waals surface area contributed by atoms with Crippen LogP contribution < -0.4 is 4.90 Å². The van der Waals surface area contributed by atoms with E-state index in [1.165, 1.54) is 11.3 Å². The second kappa shape index (κ2) is 4.17. The number of benzene rings is 1. The average molecular weight is 326 g/mol. The maximum atomic E-state index is 11.6. The maximum absolute atomic E-state index is 11.6. The summed E-state index contributed by atoms with van der Waals surface area (Å²) < 4.78 is 0. The highest BCUT2D eigenvalue weighted by molar-refractivity contribution is 5.67. The van der Waals surface area contributed by atoms with Gasteiger partial charge < -0.3 is 15.1 Å². The molecule has 5 bridgehead atoms. The number of hydrogen-bond acceptors (Lipinski definition) is 4. The van der Waals surface area contributed by atoms with Crippen molar-refractivity contribution in [3.63, 3.8) is 0 Å². The summed E-state index contributed by atoms with van der Waals surface area (Å²) in [7, 11) is 2.19. The van der Waals surface area contributed by atoms with Crippen LogP contribution in [-0.2, 0) is 5.41 Å². The van der Waals surface area contributed by atoms with E-state index >= 15 is 0 Å². The van der Waals surface area contributed by atoms with E-state index in [-0.39, 0.29) is 17.7 Å². The van der Waals surface area contributed by atoms with Gasteiger partial charge in [0.1, 0.15) is 6.23 Å². The molecule has 4 saturated heterocycles. The molecule has 1 aromatic carbocycles. The number of aliphatic hydroxyl groups is 2. The summed E-state index contributed by atoms with van der Waals surface area (Å²) in [6.45, 7) is 2.19. The van der Waals surface area contributed by atoms with Crippen LogP contribution in [0, 0.1) is 17.8 Å². The molecular weight excluding hydrogens is 300 g/mol. The van der Waals surface area contributed by atoms with E-state index < -0.39 is 0 Å². The lowest BCUT2D eigenvalue weighted by atomic mass is 9.62. The van der Waals surface area contributed by atoms with Crippen LogP contribution in [-0.4, -0.2) is 52.6 Å². The first-order valence-electron chi connectivity index (χ1n) is 9.57. The topological polar surface area (TPSA) is 46.9 Å². The second-order valence-corrected chi connectivity index (χ2v) is 8.81. The Morgan fingerprint density at radius 1 is 1.21 bits per heavy atom. The van der Waals surface area contributed by atoms with Crippen molar-refractivity contribution in [2.24, 2.45) is 17.8 Å². The minimum Gasteiger partial charge on any atom is -0.392 e. The van der Waals surface area contributed by atoms with Crippen LogP contribution in [0.1, 0.15) is 31.7 Å². The number of nitrogens with zero attached hydrogens (tertiary/aromatic N) is 2. The molecule has 7 rings (SSSR count). The Kier molecular flexibility index (Phi) is 2.45. The Morgan fingerprint density at radius 2 is 2.00 bits per heavy atom. The summed E-state index contributed by atoms with van der Waals surface area (Å²) in [5.74, 6) is 1.14. The molecule has 24 heavy (non-hydrogen) atoms. The van der Waals surface area contributed by atoms with E-state index in [9.17, 15) is 10.2 Å². The first-order valence-corrected chi connectivity index (χ1v) is 9.57. The molecule has 0 radical (unpaired) electrons. The first kappa shape index (κ1) is 14.1. The van der Waals surface area contributed by atoms with Gasteiger partial charge in [0, 0.05) is 42.1 Å². The van der Waals surface area contributed by atoms with Gasteiger partial charge in [-0.1, -0.05) is 25.1 Å². The molecular formula is C20H26N2O2. The van der Waals surface area contributed by atoms with Gasteiger partial charge in [0.05, 0.1) is 12.1 Å². The van der Waals surface area contributed by atoms with E-state index in [4.69, 9.17) is 0 Å². The standard InChI is InChI=1S/C20H26N2O2/c1-3-10-11-8-14-17-20(12-6-4-5-7-13(12)21(17)2)9-15(16(11)18(20)23)22(14)19(10)24/h4-7,10-11,14-19,23-24H,3,8-9H2,1-2H3/t10-,11-,14-,15-,16?,17-,18?,19-,20+/m0/s1. The summed E-state index contributed by atoms with van der Waals surface area (Å²) in [5.41, 5.74) is 2.51. The summed E-state index contributed by atoms with van der Waals surface area (Å²) in [6, 6.07) is 9.70. The minimum absolute atomic E-state index is 0.126. The van der Waals surface area contributed by atoms with Gasteiger partial charge in [-0.05, 0) is 36.8 Å². The van der Waals surface area contributed by atoms with Gasteiger partial charge in [-0.25, -0.2) is 0 Å². The first-order chi connectivity index (χ1) is 11.6. The highest BCUT2D eigenvalue weighted by atomic mass is 16.3. The smallest absolute Gasteiger partial charge is 0.111 e. The van der Waals surface area contributed by atoms with Crippen molar-refractivity contribution in [2.45, 2.75) is 62.1 Å². The lowest BCUT2D eigenvalue weighted by molar-refractivity contribution is -0.211. The van der Waals surface area contributed by atoms with E-state index in [0.717, 1.165) is 19.3 Å². The molecule has 0 amide bonds. The molecule has 128 valence electrons. The van der Waals surface area contributed by atoms with Crippen molar-refractivity contribution in [2.75, 3.05) is 11.9 Å². The fourth-order valence-electron chi connectivity index (χ4n) is 7.88. The quantitative estimate of drug-likeness (QED) is 0.822. The number of fused-ring (bicyclic) bond motifs is 2. The third-order valence-corrected chi connectivity index (χ3v) is 8.46. The molecule has 5 fully saturated rings. The van der Waals surface area contributed by atoms with Gasteiger partial charge >= 0.3 is 0 Å². The molecule has 1 aromatic rings. The predicted octanol–water partition coefficient (Wildman–Crippen LogP) is 1.55. The molecule has 10 atom stereocenters. The van der Waals surface area contributed by atoms with Gasteiger partial charge in [-0.2, -0.15) is 0 Å². The number of likely N-dealkylation sites (N-methyl/N-ethyl adjacent to an activating group) is 1. The Morgan fingerprint density at radius 3 is 2.79 bits per heavy atom. The number of para-hydroxylation sites is 1. The summed E-state index contributed by atoms with van der Waals surface area (Å²) >= 11 is 0. The van der Waals surface area contributed by atoms with E-state index in [1.54, 1.807) is 0 Å². The zero-order valence-corrected chi connectivity index (χ0v) is 14.3. The molecule has 3 unspecified atom stereocenters. The Labute approximate surface area is 143 Å². The van der Waals surface area contributed by atoms with Crippen LogP contribution in [0.3, 0.4) is 0 Å². The SMILES string of the molecule is CC[C@H]1[C@@H]2C[C@H]3[C@@H]4N(C)c5ccccc5[C@]45C[C@@H](C2C5O)N3[C@H]1O. The Bertz CT molecular complexity index is 723. The number of rotatable bonds is 1. The van der Waals surface area contributed by atoms with Crippen LogP contribution in [0.5, 0.6) is 0 Å². The highest BCUT2D eigenvalue weighted by Gasteiger charge is 2.76. The number of aliphatic hydroxyl groups excluding tert-OH is 2. The average Bonchev–Trinajstić information content (AvgIpc) is 2.97. The fourth-order valence-corrected chi connectivity index (χ4v) is 7.88. The molecule has 4 heteroatoms. The molecule has 0 aromatic heterocycles. The van der Waals surface area contributed by atoms with Crippen molar-refractivity contribution < 1.29 is 10.2 Å². The molecule has 1 spiro atoms. The van der Waals surface area contributed by atoms with Gasteiger partial charge in [0.25, 0.3) is 0 Å². The van der Waals surface area contributed by atoms with Crippen molar-refractivity contribution in [1.29, 1.82) is 0 Å². The largest absolute Gasteiger partial charge is 0.392 e. The Hall–Kier alpha value is -1.10. The van der Waals surface area contributed by atoms with Crippen LogP contribution in [0.2, 0.25) is 0 Å². The lowest BCUT2D eigenvalue weighted by Crippen LogP contribution is -2.72. The monoisotopic (exact) mass is 326 g/mol. The molecule has 5 aliphatic heterocycles. The maximum Gasteiger partial charge on any atom is 0.111 e. The van der Waals surface area contributed by atoms with Crippen LogP contribution in [0.4, 0.5) is 5.69 Å². The van der Waals surface area contributed by atoms with Crippen molar-refractivity contribution in [3.8, 4) is 0 Å². The molecule has 4 nitrogen and oxygen atoms in total. The fraction of sp³-hybridized carbons (Fsp3) is 0.700.